The molecule has 0 fully saturated rings. The minimum absolute atomic E-state index is 0.125. The molecular formula is C12H13N2O3+. The Hall–Kier alpha value is -2.14. The maximum Gasteiger partial charge on any atom is 0.269 e. The molecule has 0 aliphatic heterocycles. The number of nitrogens with two attached hydrogens (primary N) is 1. The number of hydrogen-bond donors (Lipinski definition) is 1. The van der Waals surface area contributed by atoms with E-state index in [1.165, 1.54) is 12.1 Å². The van der Waals surface area contributed by atoms with Gasteiger partial charge >= 0.3 is 0 Å². The standard InChI is InChI=1S/C12H12N2O3/c15-14(16)11-5-3-10(4-6-11)8-13-9-12-2-1-7-17-12/h1-7,13H,8-9H2/p+1. The summed E-state index contributed by atoms with van der Waals surface area (Å²) in [5, 5.41) is 12.6. The molecule has 88 valence electrons. The van der Waals surface area contributed by atoms with Gasteiger partial charge in [0.2, 0.25) is 0 Å². The van der Waals surface area contributed by atoms with Crippen molar-refractivity contribution in [1.29, 1.82) is 0 Å². The van der Waals surface area contributed by atoms with Crippen molar-refractivity contribution in [1.82, 2.24) is 0 Å². The van der Waals surface area contributed by atoms with Gasteiger partial charge in [-0.25, -0.2) is 0 Å². The second-order valence-corrected chi connectivity index (χ2v) is 3.70. The molecule has 0 saturated carbocycles. The van der Waals surface area contributed by atoms with Gasteiger partial charge in [-0.15, -0.1) is 0 Å². The van der Waals surface area contributed by atoms with E-state index >= 15 is 0 Å². The van der Waals surface area contributed by atoms with Crippen LogP contribution in [0.3, 0.4) is 0 Å². The van der Waals surface area contributed by atoms with Crippen LogP contribution in [-0.4, -0.2) is 4.92 Å². The lowest BCUT2D eigenvalue weighted by atomic mass is 10.2. The fourth-order valence-electron chi connectivity index (χ4n) is 1.56. The van der Waals surface area contributed by atoms with Gasteiger partial charge in [-0.05, 0) is 24.3 Å². The van der Waals surface area contributed by atoms with Crippen LogP contribution in [0, 0.1) is 10.1 Å². The first-order valence-corrected chi connectivity index (χ1v) is 5.33. The largest absolute Gasteiger partial charge is 0.463 e. The van der Waals surface area contributed by atoms with Gasteiger partial charge in [-0.1, -0.05) is 0 Å². The molecular weight excluding hydrogens is 220 g/mol. The topological polar surface area (TPSA) is 72.9 Å². The highest BCUT2D eigenvalue weighted by atomic mass is 16.6. The smallest absolute Gasteiger partial charge is 0.269 e. The zero-order valence-corrected chi connectivity index (χ0v) is 9.20. The Morgan fingerprint density at radius 2 is 1.94 bits per heavy atom. The van der Waals surface area contributed by atoms with Gasteiger partial charge in [0.15, 0.2) is 5.76 Å². The van der Waals surface area contributed by atoms with E-state index in [4.69, 9.17) is 4.42 Å². The van der Waals surface area contributed by atoms with Crippen molar-refractivity contribution >= 4 is 5.69 Å². The van der Waals surface area contributed by atoms with E-state index in [9.17, 15) is 10.1 Å². The van der Waals surface area contributed by atoms with E-state index in [0.717, 1.165) is 24.4 Å². The average Bonchev–Trinajstić information content (AvgIpc) is 2.83. The van der Waals surface area contributed by atoms with Gasteiger partial charge in [0, 0.05) is 17.7 Å². The normalized spacial score (nSPS) is 10.4. The van der Waals surface area contributed by atoms with Crippen molar-refractivity contribution in [3.8, 4) is 0 Å². The number of furan rings is 1. The highest BCUT2D eigenvalue weighted by Crippen LogP contribution is 2.10. The molecule has 2 rings (SSSR count). The van der Waals surface area contributed by atoms with Crippen molar-refractivity contribution in [2.24, 2.45) is 0 Å². The fraction of sp³-hybridized carbons (Fsp3) is 0.167. The van der Waals surface area contributed by atoms with Gasteiger partial charge in [0.05, 0.1) is 11.2 Å². The quantitative estimate of drug-likeness (QED) is 0.627. The van der Waals surface area contributed by atoms with E-state index in [1.54, 1.807) is 18.4 Å². The summed E-state index contributed by atoms with van der Waals surface area (Å²) >= 11 is 0. The molecule has 0 spiro atoms. The molecule has 2 aromatic rings. The lowest BCUT2D eigenvalue weighted by molar-refractivity contribution is -0.688. The summed E-state index contributed by atoms with van der Waals surface area (Å²) in [4.78, 5) is 10.1. The predicted octanol–water partition coefficient (Wildman–Crippen LogP) is 1.45. The number of nitro groups is 1. The molecule has 0 saturated heterocycles. The molecule has 0 amide bonds. The number of hydrogen-bond acceptors (Lipinski definition) is 3. The van der Waals surface area contributed by atoms with Gasteiger partial charge in [0.1, 0.15) is 13.1 Å². The Balaban J connectivity index is 1.85. The SMILES string of the molecule is O=[N+]([O-])c1ccc(C[NH2+]Cc2ccco2)cc1. The lowest BCUT2D eigenvalue weighted by Gasteiger charge is -1.99. The first-order valence-electron chi connectivity index (χ1n) is 5.33. The first kappa shape index (κ1) is 11.3. The average molecular weight is 233 g/mol. The van der Waals surface area contributed by atoms with Crippen molar-refractivity contribution in [2.75, 3.05) is 0 Å². The molecule has 1 heterocycles. The van der Waals surface area contributed by atoms with Gasteiger partial charge in [-0.3, -0.25) is 10.1 Å². The Bertz CT molecular complexity index is 477. The Morgan fingerprint density at radius 1 is 1.18 bits per heavy atom. The number of quaternary nitrogens is 1. The Labute approximate surface area is 98.2 Å². The molecule has 0 atom stereocenters. The molecule has 17 heavy (non-hydrogen) atoms. The van der Waals surface area contributed by atoms with Gasteiger partial charge < -0.3 is 9.73 Å². The molecule has 0 bridgehead atoms. The van der Waals surface area contributed by atoms with Gasteiger partial charge in [-0.2, -0.15) is 0 Å². The molecule has 0 aliphatic rings. The highest BCUT2D eigenvalue weighted by molar-refractivity contribution is 5.32. The molecule has 0 aliphatic carbocycles. The fourth-order valence-corrected chi connectivity index (χ4v) is 1.56. The molecule has 5 heteroatoms. The number of nitrogens with zero attached hydrogens (tertiary/aromatic N) is 1. The molecule has 0 unspecified atom stereocenters. The van der Waals surface area contributed by atoms with Crippen molar-refractivity contribution in [3.05, 3.63) is 64.1 Å². The zero-order valence-electron chi connectivity index (χ0n) is 9.20. The maximum atomic E-state index is 10.5. The predicted molar refractivity (Wildman–Crippen MR) is 61.1 cm³/mol. The number of non-ortho nitro benzene ring substituents is 1. The highest BCUT2D eigenvalue weighted by Gasteiger charge is 2.05. The third-order valence-corrected chi connectivity index (χ3v) is 2.45. The van der Waals surface area contributed by atoms with E-state index in [2.05, 4.69) is 5.32 Å². The second kappa shape index (κ2) is 5.27. The molecule has 5 nitrogen and oxygen atoms in total. The summed E-state index contributed by atoms with van der Waals surface area (Å²) in [6.45, 7) is 1.54. The van der Waals surface area contributed by atoms with Crippen molar-refractivity contribution < 1.29 is 14.7 Å². The Kier molecular flexibility index (Phi) is 3.52. The van der Waals surface area contributed by atoms with Crippen molar-refractivity contribution in [2.45, 2.75) is 13.1 Å². The van der Waals surface area contributed by atoms with Crippen LogP contribution >= 0.6 is 0 Å². The molecule has 1 aromatic heterocycles. The third-order valence-electron chi connectivity index (χ3n) is 2.45. The molecule has 0 radical (unpaired) electrons. The van der Waals surface area contributed by atoms with E-state index in [-0.39, 0.29) is 5.69 Å². The summed E-state index contributed by atoms with van der Waals surface area (Å²) in [5.41, 5.74) is 1.18. The van der Waals surface area contributed by atoms with Crippen LogP contribution < -0.4 is 5.32 Å². The minimum Gasteiger partial charge on any atom is -0.463 e. The summed E-state index contributed by atoms with van der Waals surface area (Å²) in [6.07, 6.45) is 1.65. The summed E-state index contributed by atoms with van der Waals surface area (Å²) in [5.74, 6) is 0.923. The summed E-state index contributed by atoms with van der Waals surface area (Å²) in [6, 6.07) is 10.4. The first-order chi connectivity index (χ1) is 8.25. The number of rotatable bonds is 5. The molecule has 2 N–H and O–H groups in total. The summed E-state index contributed by atoms with van der Waals surface area (Å²) < 4.78 is 5.20. The van der Waals surface area contributed by atoms with Crippen LogP contribution in [0.2, 0.25) is 0 Å². The third kappa shape index (κ3) is 3.15. The molecule has 1 aromatic carbocycles. The number of nitro benzene ring substituents is 1. The Morgan fingerprint density at radius 3 is 2.53 bits per heavy atom. The maximum absolute atomic E-state index is 10.5. The van der Waals surface area contributed by atoms with Crippen LogP contribution in [0.1, 0.15) is 11.3 Å². The number of benzene rings is 1. The minimum atomic E-state index is -0.393. The van der Waals surface area contributed by atoms with Crippen LogP contribution in [0.15, 0.2) is 47.1 Å². The zero-order chi connectivity index (χ0) is 12.1. The van der Waals surface area contributed by atoms with Crippen LogP contribution in [0.25, 0.3) is 0 Å². The van der Waals surface area contributed by atoms with Crippen LogP contribution in [-0.2, 0) is 13.1 Å². The van der Waals surface area contributed by atoms with E-state index in [0.29, 0.717) is 0 Å². The van der Waals surface area contributed by atoms with Gasteiger partial charge in [0.25, 0.3) is 5.69 Å². The van der Waals surface area contributed by atoms with Crippen LogP contribution in [0.5, 0.6) is 0 Å². The lowest BCUT2D eigenvalue weighted by Crippen LogP contribution is -2.80. The van der Waals surface area contributed by atoms with Crippen molar-refractivity contribution in [3.63, 3.8) is 0 Å². The second-order valence-electron chi connectivity index (χ2n) is 3.70. The summed E-state index contributed by atoms with van der Waals surface area (Å²) in [7, 11) is 0. The monoisotopic (exact) mass is 233 g/mol. The van der Waals surface area contributed by atoms with E-state index < -0.39 is 4.92 Å². The van der Waals surface area contributed by atoms with E-state index in [1.807, 2.05) is 12.1 Å². The van der Waals surface area contributed by atoms with Crippen LogP contribution in [0.4, 0.5) is 5.69 Å².